The standard InChI is InChI=1S/C15H14ClN5OS/c1-9(18)11(7-17)13(22)8-23-15-20-19-14(21(15)2)10-5-3-4-6-12(10)16/h3-6,11,18H,8H2,1-2H3. The van der Waals surface area contributed by atoms with Crippen molar-refractivity contribution >= 4 is 34.9 Å². The number of aromatic nitrogens is 3. The fourth-order valence-electron chi connectivity index (χ4n) is 1.95. The van der Waals surface area contributed by atoms with Gasteiger partial charge in [0.2, 0.25) is 0 Å². The molecule has 0 aliphatic heterocycles. The van der Waals surface area contributed by atoms with E-state index in [-0.39, 0.29) is 17.2 Å². The molecular weight excluding hydrogens is 334 g/mol. The summed E-state index contributed by atoms with van der Waals surface area (Å²) in [6.07, 6.45) is 0. The molecule has 0 amide bonds. The number of rotatable bonds is 6. The molecule has 0 aliphatic rings. The largest absolute Gasteiger partial charge is 0.308 e. The highest BCUT2D eigenvalue weighted by atomic mass is 35.5. The first-order valence-corrected chi connectivity index (χ1v) is 8.06. The summed E-state index contributed by atoms with van der Waals surface area (Å²) >= 11 is 7.35. The molecule has 1 atom stereocenters. The molecular formula is C15H14ClN5OS. The van der Waals surface area contributed by atoms with Crippen molar-refractivity contribution in [3.8, 4) is 17.5 Å². The number of ketones is 1. The second-order valence-electron chi connectivity index (χ2n) is 4.85. The lowest BCUT2D eigenvalue weighted by atomic mass is 10.0. The lowest BCUT2D eigenvalue weighted by Crippen LogP contribution is -2.21. The van der Waals surface area contributed by atoms with Crippen molar-refractivity contribution in [1.82, 2.24) is 14.8 Å². The van der Waals surface area contributed by atoms with Crippen LogP contribution in [0.3, 0.4) is 0 Å². The van der Waals surface area contributed by atoms with Crippen LogP contribution in [0.25, 0.3) is 11.4 Å². The molecule has 2 rings (SSSR count). The van der Waals surface area contributed by atoms with Crippen molar-refractivity contribution in [2.45, 2.75) is 12.1 Å². The van der Waals surface area contributed by atoms with E-state index in [2.05, 4.69) is 10.2 Å². The monoisotopic (exact) mass is 347 g/mol. The summed E-state index contributed by atoms with van der Waals surface area (Å²) in [6, 6.07) is 9.15. The van der Waals surface area contributed by atoms with Crippen LogP contribution >= 0.6 is 23.4 Å². The lowest BCUT2D eigenvalue weighted by molar-refractivity contribution is -0.117. The van der Waals surface area contributed by atoms with Gasteiger partial charge < -0.3 is 9.98 Å². The number of thioether (sulfide) groups is 1. The van der Waals surface area contributed by atoms with Gasteiger partial charge in [0.15, 0.2) is 16.8 Å². The Kier molecular flexibility index (Phi) is 5.53. The van der Waals surface area contributed by atoms with E-state index in [0.717, 1.165) is 5.56 Å². The van der Waals surface area contributed by atoms with Gasteiger partial charge in [0.25, 0.3) is 0 Å². The van der Waals surface area contributed by atoms with Crippen LogP contribution in [0.1, 0.15) is 6.92 Å². The number of hydrogen-bond acceptors (Lipinski definition) is 6. The van der Waals surface area contributed by atoms with Gasteiger partial charge in [0, 0.05) is 18.3 Å². The number of hydrogen-bond donors (Lipinski definition) is 1. The lowest BCUT2D eigenvalue weighted by Gasteiger charge is -2.07. The van der Waals surface area contributed by atoms with E-state index in [1.54, 1.807) is 17.7 Å². The zero-order valence-corrected chi connectivity index (χ0v) is 14.1. The van der Waals surface area contributed by atoms with Crippen LogP contribution in [0.5, 0.6) is 0 Å². The molecule has 8 heteroatoms. The molecule has 6 nitrogen and oxygen atoms in total. The van der Waals surface area contributed by atoms with Crippen LogP contribution in [0.15, 0.2) is 29.4 Å². The summed E-state index contributed by atoms with van der Waals surface area (Å²) in [5, 5.41) is 25.7. The fourth-order valence-corrected chi connectivity index (χ4v) is 2.98. The molecule has 1 unspecified atom stereocenters. The number of benzene rings is 1. The molecule has 0 fully saturated rings. The molecule has 1 aromatic carbocycles. The quantitative estimate of drug-likeness (QED) is 0.640. The molecule has 0 aliphatic carbocycles. The minimum absolute atomic E-state index is 0.0489. The minimum atomic E-state index is -1.00. The average Bonchev–Trinajstić information content (AvgIpc) is 2.87. The molecule has 1 N–H and O–H groups in total. The van der Waals surface area contributed by atoms with Gasteiger partial charge in [0.1, 0.15) is 5.92 Å². The van der Waals surface area contributed by atoms with Crippen LogP contribution < -0.4 is 0 Å². The second kappa shape index (κ2) is 7.40. The Bertz CT molecular complexity index is 795. The Balaban J connectivity index is 2.15. The highest BCUT2D eigenvalue weighted by molar-refractivity contribution is 7.99. The van der Waals surface area contributed by atoms with E-state index in [4.69, 9.17) is 22.3 Å². The van der Waals surface area contributed by atoms with Crippen molar-refractivity contribution in [3.05, 3.63) is 29.3 Å². The number of nitrogens with zero attached hydrogens (tertiary/aromatic N) is 4. The van der Waals surface area contributed by atoms with Gasteiger partial charge >= 0.3 is 0 Å². The van der Waals surface area contributed by atoms with Crippen molar-refractivity contribution in [1.29, 1.82) is 10.7 Å². The molecule has 0 radical (unpaired) electrons. The molecule has 0 saturated carbocycles. The SMILES string of the molecule is CC(=N)C(C#N)C(=O)CSc1nnc(-c2ccccc2Cl)n1C. The van der Waals surface area contributed by atoms with Crippen LogP contribution in [-0.4, -0.2) is 32.0 Å². The molecule has 0 bridgehead atoms. The first-order chi connectivity index (χ1) is 11.0. The van der Waals surface area contributed by atoms with E-state index in [9.17, 15) is 4.79 Å². The van der Waals surface area contributed by atoms with Gasteiger partial charge in [-0.1, -0.05) is 35.5 Å². The van der Waals surface area contributed by atoms with E-state index in [1.165, 1.54) is 18.7 Å². The van der Waals surface area contributed by atoms with Crippen LogP contribution in [0.2, 0.25) is 5.02 Å². The Labute approximate surface area is 143 Å². The first kappa shape index (κ1) is 17.2. The van der Waals surface area contributed by atoms with Gasteiger partial charge in [-0.05, 0) is 19.1 Å². The topological polar surface area (TPSA) is 95.4 Å². The Morgan fingerprint density at radius 1 is 1.48 bits per heavy atom. The number of halogens is 1. The van der Waals surface area contributed by atoms with Crippen LogP contribution in [-0.2, 0) is 11.8 Å². The third kappa shape index (κ3) is 3.78. The molecule has 1 aromatic heterocycles. The van der Waals surface area contributed by atoms with Crippen molar-refractivity contribution in [2.75, 3.05) is 5.75 Å². The zero-order valence-electron chi connectivity index (χ0n) is 12.6. The smallest absolute Gasteiger partial charge is 0.191 e. The summed E-state index contributed by atoms with van der Waals surface area (Å²) < 4.78 is 1.75. The number of nitrogens with one attached hydrogen (secondary N) is 1. The third-order valence-corrected chi connectivity index (χ3v) is 4.55. The van der Waals surface area contributed by atoms with E-state index < -0.39 is 5.92 Å². The predicted octanol–water partition coefficient (Wildman–Crippen LogP) is 2.98. The Morgan fingerprint density at radius 2 is 2.17 bits per heavy atom. The minimum Gasteiger partial charge on any atom is -0.308 e. The predicted molar refractivity (Wildman–Crippen MR) is 89.7 cm³/mol. The van der Waals surface area contributed by atoms with E-state index in [0.29, 0.717) is 16.0 Å². The molecule has 1 heterocycles. The van der Waals surface area contributed by atoms with E-state index >= 15 is 0 Å². The fraction of sp³-hybridized carbons (Fsp3) is 0.267. The molecule has 118 valence electrons. The van der Waals surface area contributed by atoms with Gasteiger partial charge in [-0.3, -0.25) is 4.79 Å². The molecule has 0 saturated heterocycles. The summed E-state index contributed by atoms with van der Waals surface area (Å²) in [4.78, 5) is 12.0. The maximum atomic E-state index is 12.0. The summed E-state index contributed by atoms with van der Waals surface area (Å²) in [6.45, 7) is 1.45. The highest BCUT2D eigenvalue weighted by Crippen LogP contribution is 2.28. The number of carbonyl (C=O) groups excluding carboxylic acids is 1. The van der Waals surface area contributed by atoms with Crippen LogP contribution in [0.4, 0.5) is 0 Å². The van der Waals surface area contributed by atoms with Gasteiger partial charge in [-0.15, -0.1) is 10.2 Å². The highest BCUT2D eigenvalue weighted by Gasteiger charge is 2.21. The maximum Gasteiger partial charge on any atom is 0.191 e. The van der Waals surface area contributed by atoms with Gasteiger partial charge in [-0.2, -0.15) is 5.26 Å². The number of nitriles is 1. The maximum absolute atomic E-state index is 12.0. The normalized spacial score (nSPS) is 11.7. The molecule has 0 spiro atoms. The van der Waals surface area contributed by atoms with Gasteiger partial charge in [-0.25, -0.2) is 0 Å². The van der Waals surface area contributed by atoms with Crippen molar-refractivity contribution in [2.24, 2.45) is 13.0 Å². The van der Waals surface area contributed by atoms with Crippen molar-refractivity contribution < 1.29 is 4.79 Å². The Hall–Kier alpha value is -2.17. The number of Topliss-reactive ketones (excluding diaryl/α,β-unsaturated/α-hetero) is 1. The number of carbonyl (C=O) groups is 1. The Morgan fingerprint density at radius 3 is 2.78 bits per heavy atom. The average molecular weight is 348 g/mol. The first-order valence-electron chi connectivity index (χ1n) is 6.70. The van der Waals surface area contributed by atoms with Crippen LogP contribution in [0, 0.1) is 22.7 Å². The van der Waals surface area contributed by atoms with E-state index in [1.807, 2.05) is 24.3 Å². The zero-order chi connectivity index (χ0) is 17.0. The summed E-state index contributed by atoms with van der Waals surface area (Å²) in [7, 11) is 1.79. The van der Waals surface area contributed by atoms with Gasteiger partial charge in [0.05, 0.1) is 16.8 Å². The summed E-state index contributed by atoms with van der Waals surface area (Å²) in [5.74, 6) is -0.653. The third-order valence-electron chi connectivity index (χ3n) is 3.18. The second-order valence-corrected chi connectivity index (χ2v) is 6.19. The van der Waals surface area contributed by atoms with Crippen molar-refractivity contribution in [3.63, 3.8) is 0 Å². The molecule has 2 aromatic rings. The summed E-state index contributed by atoms with van der Waals surface area (Å²) in [5.41, 5.74) is 0.806. The molecule has 23 heavy (non-hydrogen) atoms.